The number of nitrogens with one attached hydrogen (secondary N) is 2. The molecule has 0 aliphatic heterocycles. The van der Waals surface area contributed by atoms with Crippen LogP contribution in [0.1, 0.15) is 20.8 Å². The fourth-order valence-corrected chi connectivity index (χ4v) is 1.71. The summed E-state index contributed by atoms with van der Waals surface area (Å²) in [6, 6.07) is 4.30. The maximum atomic E-state index is 14.1. The highest BCUT2D eigenvalue weighted by molar-refractivity contribution is 5.85. The summed E-state index contributed by atoms with van der Waals surface area (Å²) < 4.78 is 19.1. The summed E-state index contributed by atoms with van der Waals surface area (Å²) in [4.78, 5) is 18.2. The number of hydrogen-bond acceptors (Lipinski definition) is 4. The molecule has 0 radical (unpaired) electrons. The molecule has 1 amide bonds. The molecule has 2 aromatic rings. The van der Waals surface area contributed by atoms with E-state index in [4.69, 9.17) is 10.5 Å². The molecule has 0 atom stereocenters. The number of aromatic nitrogens is 2. The second-order valence-electron chi connectivity index (χ2n) is 5.50. The summed E-state index contributed by atoms with van der Waals surface area (Å²) in [6.07, 6.45) is 0.801. The maximum Gasteiger partial charge on any atom is 0.412 e. The first-order valence-electron chi connectivity index (χ1n) is 6.35. The fourth-order valence-electron chi connectivity index (χ4n) is 1.71. The van der Waals surface area contributed by atoms with Gasteiger partial charge < -0.3 is 15.5 Å². The van der Waals surface area contributed by atoms with Crippen LogP contribution in [-0.2, 0) is 4.74 Å². The number of aromatic amines is 1. The highest BCUT2D eigenvalue weighted by Gasteiger charge is 2.17. The van der Waals surface area contributed by atoms with E-state index in [1.165, 1.54) is 18.3 Å². The van der Waals surface area contributed by atoms with Crippen LogP contribution in [0.2, 0.25) is 0 Å². The first-order valence-corrected chi connectivity index (χ1v) is 6.35. The van der Waals surface area contributed by atoms with Gasteiger partial charge in [0.05, 0.1) is 11.9 Å². The summed E-state index contributed by atoms with van der Waals surface area (Å²) in [6.45, 7) is 5.25. The molecular weight excluding hydrogens is 275 g/mol. The van der Waals surface area contributed by atoms with Crippen LogP contribution >= 0.6 is 0 Å². The second-order valence-corrected chi connectivity index (χ2v) is 5.50. The number of nitrogens with zero attached hydrogens (tertiary/aromatic N) is 1. The molecule has 112 valence electrons. The van der Waals surface area contributed by atoms with E-state index in [0.717, 1.165) is 0 Å². The van der Waals surface area contributed by atoms with Gasteiger partial charge in [-0.3, -0.25) is 5.32 Å². The minimum Gasteiger partial charge on any atom is -0.444 e. The molecule has 6 nitrogen and oxygen atoms in total. The van der Waals surface area contributed by atoms with Crippen molar-refractivity contribution in [2.75, 3.05) is 11.1 Å². The van der Waals surface area contributed by atoms with Crippen molar-refractivity contribution in [1.82, 2.24) is 9.97 Å². The number of rotatable bonds is 2. The zero-order chi connectivity index (χ0) is 15.6. The van der Waals surface area contributed by atoms with Crippen molar-refractivity contribution >= 4 is 17.7 Å². The molecule has 1 aromatic carbocycles. The maximum absolute atomic E-state index is 14.1. The molecule has 0 saturated carbocycles. The number of hydrogen-bond donors (Lipinski definition) is 3. The number of benzene rings is 1. The Morgan fingerprint density at radius 2 is 2.14 bits per heavy atom. The van der Waals surface area contributed by atoms with Gasteiger partial charge >= 0.3 is 6.09 Å². The first-order chi connectivity index (χ1) is 9.74. The number of halogens is 1. The number of nitrogen functional groups attached to an aromatic ring is 1. The average molecular weight is 292 g/mol. The van der Waals surface area contributed by atoms with Gasteiger partial charge in [0, 0.05) is 11.3 Å². The van der Waals surface area contributed by atoms with Gasteiger partial charge in [-0.25, -0.2) is 14.2 Å². The SMILES string of the molecule is CC(C)(C)OC(=O)Nc1ccc(-c2cnc(N)[nH]2)c(F)c1. The Hall–Kier alpha value is -2.57. The number of H-pyrrole nitrogens is 1. The minimum atomic E-state index is -0.638. The zero-order valence-corrected chi connectivity index (χ0v) is 12.0. The lowest BCUT2D eigenvalue weighted by molar-refractivity contribution is 0.0636. The van der Waals surface area contributed by atoms with Crippen molar-refractivity contribution in [1.29, 1.82) is 0 Å². The van der Waals surface area contributed by atoms with E-state index in [1.807, 2.05) is 0 Å². The van der Waals surface area contributed by atoms with E-state index in [9.17, 15) is 9.18 Å². The smallest absolute Gasteiger partial charge is 0.412 e. The van der Waals surface area contributed by atoms with E-state index in [1.54, 1.807) is 26.8 Å². The largest absolute Gasteiger partial charge is 0.444 e. The van der Waals surface area contributed by atoms with Crippen LogP contribution < -0.4 is 11.1 Å². The Morgan fingerprint density at radius 3 is 2.67 bits per heavy atom. The van der Waals surface area contributed by atoms with Crippen molar-refractivity contribution in [3.8, 4) is 11.3 Å². The lowest BCUT2D eigenvalue weighted by Crippen LogP contribution is -2.27. The van der Waals surface area contributed by atoms with E-state index in [-0.39, 0.29) is 5.95 Å². The minimum absolute atomic E-state index is 0.209. The van der Waals surface area contributed by atoms with Crippen molar-refractivity contribution < 1.29 is 13.9 Å². The molecule has 2 rings (SSSR count). The molecule has 0 unspecified atom stereocenters. The number of anilines is 2. The van der Waals surface area contributed by atoms with Crippen LogP contribution in [0.5, 0.6) is 0 Å². The van der Waals surface area contributed by atoms with Crippen LogP contribution in [0.15, 0.2) is 24.4 Å². The van der Waals surface area contributed by atoms with Gasteiger partial charge in [-0.05, 0) is 39.0 Å². The van der Waals surface area contributed by atoms with Crippen LogP contribution in [0.25, 0.3) is 11.3 Å². The molecule has 0 fully saturated rings. The van der Waals surface area contributed by atoms with Gasteiger partial charge in [0.2, 0.25) is 0 Å². The molecule has 0 spiro atoms. The monoisotopic (exact) mass is 292 g/mol. The third kappa shape index (κ3) is 3.95. The third-order valence-electron chi connectivity index (χ3n) is 2.50. The van der Waals surface area contributed by atoms with Crippen LogP contribution in [0, 0.1) is 5.82 Å². The summed E-state index contributed by atoms with van der Waals surface area (Å²) in [7, 11) is 0. The van der Waals surface area contributed by atoms with E-state index < -0.39 is 17.5 Å². The fraction of sp³-hybridized carbons (Fsp3) is 0.286. The van der Waals surface area contributed by atoms with Crippen LogP contribution in [-0.4, -0.2) is 21.7 Å². The van der Waals surface area contributed by atoms with Gasteiger partial charge in [-0.1, -0.05) is 0 Å². The lowest BCUT2D eigenvalue weighted by atomic mass is 10.1. The average Bonchev–Trinajstić information content (AvgIpc) is 2.73. The van der Waals surface area contributed by atoms with Crippen molar-refractivity contribution in [2.24, 2.45) is 0 Å². The molecule has 1 aromatic heterocycles. The van der Waals surface area contributed by atoms with Gasteiger partial charge in [-0.2, -0.15) is 0 Å². The molecule has 1 heterocycles. The highest BCUT2D eigenvalue weighted by atomic mass is 19.1. The molecular formula is C14H17FN4O2. The Balaban J connectivity index is 2.14. The normalized spacial score (nSPS) is 11.2. The number of imidazole rings is 1. The molecule has 0 aliphatic rings. The predicted octanol–water partition coefficient (Wildman–Crippen LogP) is 3.15. The Bertz CT molecular complexity index is 661. The number of amides is 1. The van der Waals surface area contributed by atoms with Crippen molar-refractivity contribution in [3.63, 3.8) is 0 Å². The van der Waals surface area contributed by atoms with Gasteiger partial charge in [-0.15, -0.1) is 0 Å². The van der Waals surface area contributed by atoms with E-state index in [0.29, 0.717) is 16.9 Å². The lowest BCUT2D eigenvalue weighted by Gasteiger charge is -2.19. The standard InChI is InChI=1S/C14H17FN4O2/c1-14(2,3)21-13(20)18-8-4-5-9(10(15)6-8)11-7-17-12(16)19-11/h4-7H,1-3H3,(H,18,20)(H3,16,17,19). The van der Waals surface area contributed by atoms with Gasteiger partial charge in [0.15, 0.2) is 5.95 Å². The van der Waals surface area contributed by atoms with Crippen molar-refractivity contribution in [2.45, 2.75) is 26.4 Å². The highest BCUT2D eigenvalue weighted by Crippen LogP contribution is 2.24. The number of ether oxygens (including phenoxy) is 1. The molecule has 4 N–H and O–H groups in total. The molecule has 0 saturated heterocycles. The Morgan fingerprint density at radius 1 is 1.43 bits per heavy atom. The van der Waals surface area contributed by atoms with Gasteiger partial charge in [0.1, 0.15) is 11.4 Å². The Labute approximate surface area is 121 Å². The molecule has 0 aliphatic carbocycles. The number of carbonyl (C=O) groups excluding carboxylic acids is 1. The number of nitrogens with two attached hydrogens (primary N) is 1. The van der Waals surface area contributed by atoms with Gasteiger partial charge in [0.25, 0.3) is 0 Å². The zero-order valence-electron chi connectivity index (χ0n) is 12.0. The summed E-state index contributed by atoms with van der Waals surface area (Å²) in [5, 5.41) is 2.47. The van der Waals surface area contributed by atoms with E-state index in [2.05, 4.69) is 15.3 Å². The topological polar surface area (TPSA) is 93.0 Å². The molecule has 0 bridgehead atoms. The van der Waals surface area contributed by atoms with Crippen molar-refractivity contribution in [3.05, 3.63) is 30.2 Å². The summed E-state index contributed by atoms with van der Waals surface area (Å²) in [5.41, 5.74) is 5.93. The van der Waals surface area contributed by atoms with E-state index >= 15 is 0 Å². The third-order valence-corrected chi connectivity index (χ3v) is 2.50. The molecule has 7 heteroatoms. The summed E-state index contributed by atoms with van der Waals surface area (Å²) in [5.74, 6) is -0.299. The Kier molecular flexibility index (Phi) is 3.84. The van der Waals surface area contributed by atoms with Crippen LogP contribution in [0.3, 0.4) is 0 Å². The van der Waals surface area contributed by atoms with Crippen LogP contribution in [0.4, 0.5) is 20.8 Å². The number of carbonyl (C=O) groups is 1. The predicted molar refractivity (Wildman–Crippen MR) is 78.3 cm³/mol. The molecule has 21 heavy (non-hydrogen) atoms. The quantitative estimate of drug-likeness (QED) is 0.792. The first kappa shape index (κ1) is 14.8. The summed E-state index contributed by atoms with van der Waals surface area (Å²) >= 11 is 0. The second kappa shape index (κ2) is 5.43.